The summed E-state index contributed by atoms with van der Waals surface area (Å²) in [5.74, 6) is -1.17. The number of hydrogen-bond donors (Lipinski definition) is 1. The molecular formula is C11H8ClFN2OS. The quantitative estimate of drug-likeness (QED) is 0.932. The Hall–Kier alpha value is -1.46. The minimum Gasteiger partial charge on any atom is -0.346 e. The number of rotatable bonds is 3. The van der Waals surface area contributed by atoms with Gasteiger partial charge in [0, 0.05) is 5.38 Å². The van der Waals surface area contributed by atoms with Crippen molar-refractivity contribution < 1.29 is 9.18 Å². The van der Waals surface area contributed by atoms with Crippen LogP contribution in [-0.4, -0.2) is 10.9 Å². The maximum Gasteiger partial charge on any atom is 0.256 e. The van der Waals surface area contributed by atoms with Crippen LogP contribution < -0.4 is 5.32 Å². The first kappa shape index (κ1) is 12.0. The van der Waals surface area contributed by atoms with E-state index in [0.29, 0.717) is 0 Å². The van der Waals surface area contributed by atoms with Crippen LogP contribution in [0.25, 0.3) is 0 Å². The number of carbonyl (C=O) groups is 1. The molecule has 0 unspecified atom stereocenters. The van der Waals surface area contributed by atoms with Gasteiger partial charge in [-0.15, -0.1) is 11.3 Å². The molecule has 88 valence electrons. The van der Waals surface area contributed by atoms with E-state index in [1.165, 1.54) is 29.5 Å². The Morgan fingerprint density at radius 3 is 3.00 bits per heavy atom. The van der Waals surface area contributed by atoms with E-state index in [-0.39, 0.29) is 17.1 Å². The van der Waals surface area contributed by atoms with Gasteiger partial charge in [-0.1, -0.05) is 17.7 Å². The van der Waals surface area contributed by atoms with Crippen LogP contribution >= 0.6 is 22.9 Å². The number of aromatic nitrogens is 1. The number of carbonyl (C=O) groups excluding carboxylic acids is 1. The monoisotopic (exact) mass is 270 g/mol. The summed E-state index contributed by atoms with van der Waals surface area (Å²) in [5, 5.41) is 4.47. The highest BCUT2D eigenvalue weighted by Crippen LogP contribution is 2.18. The van der Waals surface area contributed by atoms with E-state index in [1.807, 2.05) is 5.38 Å². The summed E-state index contributed by atoms with van der Waals surface area (Å²) < 4.78 is 13.4. The lowest BCUT2D eigenvalue weighted by Gasteiger charge is -2.06. The standard InChI is InChI=1S/C11H8ClFN2OS/c12-8-2-1-3-9(13)10(8)11(16)14-4-7-5-17-6-15-7/h1-3,5-6H,4H2,(H,14,16). The van der Waals surface area contributed by atoms with Gasteiger partial charge in [0.2, 0.25) is 0 Å². The summed E-state index contributed by atoms with van der Waals surface area (Å²) in [5.41, 5.74) is 2.26. The molecule has 1 amide bonds. The van der Waals surface area contributed by atoms with Gasteiger partial charge in [0.1, 0.15) is 5.82 Å². The second-order valence-electron chi connectivity index (χ2n) is 3.26. The molecule has 0 aliphatic rings. The number of hydrogen-bond acceptors (Lipinski definition) is 3. The van der Waals surface area contributed by atoms with E-state index in [9.17, 15) is 9.18 Å². The Kier molecular flexibility index (Phi) is 3.71. The summed E-state index contributed by atoms with van der Waals surface area (Å²) >= 11 is 7.20. The predicted molar refractivity (Wildman–Crippen MR) is 64.7 cm³/mol. The SMILES string of the molecule is O=C(NCc1cscn1)c1c(F)cccc1Cl. The second-order valence-corrected chi connectivity index (χ2v) is 4.39. The minimum absolute atomic E-state index is 0.0979. The first-order valence-electron chi connectivity index (χ1n) is 4.78. The van der Waals surface area contributed by atoms with Crippen molar-refractivity contribution in [3.05, 3.63) is 51.2 Å². The van der Waals surface area contributed by atoms with E-state index in [2.05, 4.69) is 10.3 Å². The third kappa shape index (κ3) is 2.81. The smallest absolute Gasteiger partial charge is 0.256 e. The van der Waals surface area contributed by atoms with Crippen LogP contribution in [0.2, 0.25) is 5.02 Å². The Morgan fingerprint density at radius 2 is 2.35 bits per heavy atom. The molecule has 1 aromatic heterocycles. The highest BCUT2D eigenvalue weighted by molar-refractivity contribution is 7.07. The highest BCUT2D eigenvalue weighted by Gasteiger charge is 2.15. The Morgan fingerprint density at radius 1 is 1.53 bits per heavy atom. The molecule has 0 aliphatic carbocycles. The summed E-state index contributed by atoms with van der Waals surface area (Å²) in [6, 6.07) is 4.13. The van der Waals surface area contributed by atoms with Gasteiger partial charge in [0.15, 0.2) is 0 Å². The zero-order valence-corrected chi connectivity index (χ0v) is 10.2. The molecule has 0 radical (unpaired) electrons. The summed E-state index contributed by atoms with van der Waals surface area (Å²) in [6.45, 7) is 0.257. The molecule has 2 rings (SSSR count). The fourth-order valence-corrected chi connectivity index (χ4v) is 2.11. The van der Waals surface area contributed by atoms with Crippen molar-refractivity contribution in [2.45, 2.75) is 6.54 Å². The van der Waals surface area contributed by atoms with E-state index in [0.717, 1.165) is 5.69 Å². The fourth-order valence-electron chi connectivity index (χ4n) is 1.30. The van der Waals surface area contributed by atoms with Gasteiger partial charge in [0.25, 0.3) is 5.91 Å². The van der Waals surface area contributed by atoms with Crippen LogP contribution in [0.5, 0.6) is 0 Å². The average Bonchev–Trinajstić information content (AvgIpc) is 2.79. The highest BCUT2D eigenvalue weighted by atomic mass is 35.5. The molecule has 0 fully saturated rings. The molecule has 6 heteroatoms. The van der Waals surface area contributed by atoms with Crippen LogP contribution in [0.4, 0.5) is 4.39 Å². The molecule has 0 bridgehead atoms. The Balaban J connectivity index is 2.10. The van der Waals surface area contributed by atoms with E-state index in [4.69, 9.17) is 11.6 Å². The largest absolute Gasteiger partial charge is 0.346 e. The summed E-state index contributed by atoms with van der Waals surface area (Å²) in [6.07, 6.45) is 0. The van der Waals surface area contributed by atoms with Crippen molar-refractivity contribution >= 4 is 28.8 Å². The maximum atomic E-state index is 13.4. The molecule has 0 saturated carbocycles. The molecule has 1 aromatic carbocycles. The number of amides is 1. The maximum absolute atomic E-state index is 13.4. The van der Waals surface area contributed by atoms with Crippen molar-refractivity contribution in [2.24, 2.45) is 0 Å². The number of thiazole rings is 1. The van der Waals surface area contributed by atoms with Crippen LogP contribution in [0.15, 0.2) is 29.1 Å². The van der Waals surface area contributed by atoms with Gasteiger partial charge in [0.05, 0.1) is 28.3 Å². The van der Waals surface area contributed by atoms with Crippen molar-refractivity contribution in [3.63, 3.8) is 0 Å². The van der Waals surface area contributed by atoms with Crippen LogP contribution in [0.3, 0.4) is 0 Å². The molecule has 0 atom stereocenters. The molecule has 1 heterocycles. The molecule has 17 heavy (non-hydrogen) atoms. The van der Waals surface area contributed by atoms with E-state index < -0.39 is 11.7 Å². The number of nitrogens with zero attached hydrogens (tertiary/aromatic N) is 1. The minimum atomic E-state index is -0.631. The Bertz CT molecular complexity index is 510. The molecule has 0 saturated heterocycles. The van der Waals surface area contributed by atoms with Gasteiger partial charge in [-0.25, -0.2) is 9.37 Å². The lowest BCUT2D eigenvalue weighted by molar-refractivity contribution is 0.0946. The molecule has 2 aromatic rings. The van der Waals surface area contributed by atoms with Crippen molar-refractivity contribution in [1.82, 2.24) is 10.3 Å². The molecule has 1 N–H and O–H groups in total. The number of nitrogens with one attached hydrogen (secondary N) is 1. The zero-order chi connectivity index (χ0) is 12.3. The average molecular weight is 271 g/mol. The van der Waals surface area contributed by atoms with Gasteiger partial charge in [-0.05, 0) is 12.1 Å². The summed E-state index contributed by atoms with van der Waals surface area (Å²) in [7, 11) is 0. The third-order valence-electron chi connectivity index (χ3n) is 2.10. The van der Waals surface area contributed by atoms with Crippen LogP contribution in [0, 0.1) is 5.82 Å². The third-order valence-corrected chi connectivity index (χ3v) is 3.05. The van der Waals surface area contributed by atoms with Gasteiger partial charge < -0.3 is 5.32 Å². The van der Waals surface area contributed by atoms with Gasteiger partial charge >= 0.3 is 0 Å². The molecular weight excluding hydrogens is 263 g/mol. The van der Waals surface area contributed by atoms with Crippen molar-refractivity contribution in [3.8, 4) is 0 Å². The predicted octanol–water partition coefficient (Wildman–Crippen LogP) is 2.87. The molecule has 0 aliphatic heterocycles. The molecule has 3 nitrogen and oxygen atoms in total. The topological polar surface area (TPSA) is 42.0 Å². The lowest BCUT2D eigenvalue weighted by atomic mass is 10.2. The first-order chi connectivity index (χ1) is 8.18. The van der Waals surface area contributed by atoms with E-state index >= 15 is 0 Å². The normalized spacial score (nSPS) is 10.2. The lowest BCUT2D eigenvalue weighted by Crippen LogP contribution is -2.24. The van der Waals surface area contributed by atoms with Crippen molar-refractivity contribution in [2.75, 3.05) is 0 Å². The van der Waals surface area contributed by atoms with Crippen molar-refractivity contribution in [1.29, 1.82) is 0 Å². The number of halogens is 2. The van der Waals surface area contributed by atoms with Crippen LogP contribution in [-0.2, 0) is 6.54 Å². The second kappa shape index (κ2) is 5.25. The van der Waals surface area contributed by atoms with Gasteiger partial charge in [-0.3, -0.25) is 4.79 Å². The fraction of sp³-hybridized carbons (Fsp3) is 0.0909. The first-order valence-corrected chi connectivity index (χ1v) is 6.10. The summed E-state index contributed by atoms with van der Waals surface area (Å²) in [4.78, 5) is 15.7. The molecule has 0 spiro atoms. The number of benzene rings is 1. The van der Waals surface area contributed by atoms with Gasteiger partial charge in [-0.2, -0.15) is 0 Å². The van der Waals surface area contributed by atoms with Crippen LogP contribution in [0.1, 0.15) is 16.1 Å². The Labute approximate surface area is 106 Å². The zero-order valence-electron chi connectivity index (χ0n) is 8.61. The van der Waals surface area contributed by atoms with E-state index in [1.54, 1.807) is 5.51 Å².